The number of nitrogens with one attached hydrogen (secondary N) is 1. The third-order valence-electron chi connectivity index (χ3n) is 4.18. The monoisotopic (exact) mass is 366 g/mol. The van der Waals surface area contributed by atoms with Crippen LogP contribution in [0.1, 0.15) is 37.4 Å². The molecule has 3 aromatic rings. The molecule has 4 nitrogen and oxygen atoms in total. The van der Waals surface area contributed by atoms with Gasteiger partial charge in [0.05, 0.1) is 11.6 Å². The fraction of sp³-hybridized carbons (Fsp3) is 0.0417. The standard InChI is InChI=1S/C24H18N2O2/c1-17-5-10-21(11-6-17)24(28)26-22-4-2-3-18(15-22)9-14-23(27)20-12-7-19(16-25)8-13-20/h2-15H,1H3,(H,26,28)/b14-9+. The average molecular weight is 366 g/mol. The van der Waals surface area contributed by atoms with Crippen LogP contribution >= 0.6 is 0 Å². The van der Waals surface area contributed by atoms with E-state index in [1.807, 2.05) is 37.3 Å². The molecule has 4 heteroatoms. The van der Waals surface area contributed by atoms with Crippen molar-refractivity contribution in [3.05, 3.63) is 107 Å². The molecule has 0 radical (unpaired) electrons. The van der Waals surface area contributed by atoms with Gasteiger partial charge >= 0.3 is 0 Å². The number of nitrogens with zero attached hydrogens (tertiary/aromatic N) is 1. The van der Waals surface area contributed by atoms with Crippen molar-refractivity contribution in [1.29, 1.82) is 5.26 Å². The Hall–Kier alpha value is -3.97. The normalized spacial score (nSPS) is 10.4. The second-order valence-corrected chi connectivity index (χ2v) is 6.33. The summed E-state index contributed by atoms with van der Waals surface area (Å²) in [5.74, 6) is -0.339. The van der Waals surface area contributed by atoms with Gasteiger partial charge in [0, 0.05) is 16.8 Å². The molecule has 1 amide bonds. The molecule has 0 bridgehead atoms. The molecule has 28 heavy (non-hydrogen) atoms. The Bertz CT molecular complexity index is 1070. The third kappa shape index (κ3) is 4.80. The van der Waals surface area contributed by atoms with Crippen LogP contribution < -0.4 is 5.32 Å². The van der Waals surface area contributed by atoms with E-state index < -0.39 is 0 Å². The van der Waals surface area contributed by atoms with Crippen LogP contribution in [0.25, 0.3) is 6.08 Å². The first-order valence-corrected chi connectivity index (χ1v) is 8.76. The Morgan fingerprint density at radius 2 is 1.61 bits per heavy atom. The highest BCUT2D eigenvalue weighted by Gasteiger charge is 2.06. The molecule has 0 aliphatic rings. The van der Waals surface area contributed by atoms with Crippen LogP contribution in [0.4, 0.5) is 5.69 Å². The van der Waals surface area contributed by atoms with Gasteiger partial charge in [0.15, 0.2) is 5.78 Å². The van der Waals surface area contributed by atoms with Gasteiger partial charge in [0.2, 0.25) is 0 Å². The minimum Gasteiger partial charge on any atom is -0.322 e. The van der Waals surface area contributed by atoms with Gasteiger partial charge in [-0.25, -0.2) is 0 Å². The molecular formula is C24H18N2O2. The zero-order valence-electron chi connectivity index (χ0n) is 15.3. The lowest BCUT2D eigenvalue weighted by Crippen LogP contribution is -2.11. The number of carbonyl (C=O) groups is 2. The van der Waals surface area contributed by atoms with E-state index in [2.05, 4.69) is 5.32 Å². The third-order valence-corrected chi connectivity index (χ3v) is 4.18. The topological polar surface area (TPSA) is 70.0 Å². The van der Waals surface area contributed by atoms with Crippen molar-refractivity contribution >= 4 is 23.5 Å². The molecule has 0 saturated heterocycles. The maximum absolute atomic E-state index is 12.3. The number of anilines is 1. The maximum atomic E-state index is 12.3. The van der Waals surface area contributed by atoms with Gasteiger partial charge < -0.3 is 5.32 Å². The fourth-order valence-corrected chi connectivity index (χ4v) is 2.61. The van der Waals surface area contributed by atoms with Crippen molar-refractivity contribution in [3.8, 4) is 6.07 Å². The number of amides is 1. The van der Waals surface area contributed by atoms with Crippen molar-refractivity contribution in [3.63, 3.8) is 0 Å². The highest BCUT2D eigenvalue weighted by molar-refractivity contribution is 6.07. The van der Waals surface area contributed by atoms with Crippen molar-refractivity contribution in [2.24, 2.45) is 0 Å². The Balaban J connectivity index is 1.69. The van der Waals surface area contributed by atoms with Gasteiger partial charge in [0.25, 0.3) is 5.91 Å². The summed E-state index contributed by atoms with van der Waals surface area (Å²) in [6, 6.07) is 23.1. The molecular weight excluding hydrogens is 348 g/mol. The molecule has 0 aliphatic carbocycles. The van der Waals surface area contributed by atoms with Crippen LogP contribution in [-0.4, -0.2) is 11.7 Å². The molecule has 1 N–H and O–H groups in total. The van der Waals surface area contributed by atoms with E-state index in [1.54, 1.807) is 54.6 Å². The number of hydrogen-bond donors (Lipinski definition) is 1. The van der Waals surface area contributed by atoms with Crippen LogP contribution in [0.15, 0.2) is 78.9 Å². The molecule has 0 unspecified atom stereocenters. The number of allylic oxidation sites excluding steroid dienone is 1. The highest BCUT2D eigenvalue weighted by atomic mass is 16.1. The molecule has 0 atom stereocenters. The molecule has 0 spiro atoms. The molecule has 0 saturated carbocycles. The molecule has 0 aromatic heterocycles. The Morgan fingerprint density at radius 3 is 2.29 bits per heavy atom. The van der Waals surface area contributed by atoms with Crippen molar-refractivity contribution in [2.75, 3.05) is 5.32 Å². The SMILES string of the molecule is Cc1ccc(C(=O)Nc2cccc(/C=C/C(=O)c3ccc(C#N)cc3)c2)cc1. The number of ketones is 1. The maximum Gasteiger partial charge on any atom is 0.255 e. The Morgan fingerprint density at radius 1 is 0.929 bits per heavy atom. The summed E-state index contributed by atoms with van der Waals surface area (Å²) < 4.78 is 0. The molecule has 3 rings (SSSR count). The fourth-order valence-electron chi connectivity index (χ4n) is 2.61. The van der Waals surface area contributed by atoms with E-state index in [9.17, 15) is 9.59 Å². The van der Waals surface area contributed by atoms with Crippen LogP contribution in [0, 0.1) is 18.3 Å². The lowest BCUT2D eigenvalue weighted by atomic mass is 10.1. The van der Waals surface area contributed by atoms with E-state index in [1.165, 1.54) is 6.08 Å². The van der Waals surface area contributed by atoms with Gasteiger partial charge in [-0.2, -0.15) is 5.26 Å². The van der Waals surface area contributed by atoms with E-state index in [0.717, 1.165) is 11.1 Å². The summed E-state index contributed by atoms with van der Waals surface area (Å²) in [5, 5.41) is 11.7. The van der Waals surface area contributed by atoms with Gasteiger partial charge in [-0.15, -0.1) is 0 Å². The first-order chi connectivity index (χ1) is 13.5. The Labute approximate surface area is 163 Å². The second-order valence-electron chi connectivity index (χ2n) is 6.33. The zero-order chi connectivity index (χ0) is 19.9. The predicted octanol–water partition coefficient (Wildman–Crippen LogP) is 5.02. The van der Waals surface area contributed by atoms with E-state index in [0.29, 0.717) is 22.4 Å². The van der Waals surface area contributed by atoms with E-state index in [-0.39, 0.29) is 11.7 Å². The van der Waals surface area contributed by atoms with Gasteiger partial charge in [-0.3, -0.25) is 9.59 Å². The largest absolute Gasteiger partial charge is 0.322 e. The summed E-state index contributed by atoms with van der Waals surface area (Å²) in [7, 11) is 0. The minimum absolute atomic E-state index is 0.154. The molecule has 136 valence electrons. The zero-order valence-corrected chi connectivity index (χ0v) is 15.3. The van der Waals surface area contributed by atoms with Crippen LogP contribution in [0.3, 0.4) is 0 Å². The summed E-state index contributed by atoms with van der Waals surface area (Å²) in [4.78, 5) is 24.6. The number of aryl methyl sites for hydroxylation is 1. The summed E-state index contributed by atoms with van der Waals surface area (Å²) in [6.45, 7) is 1.97. The summed E-state index contributed by atoms with van der Waals surface area (Å²) in [5.41, 5.74) is 4.15. The summed E-state index contributed by atoms with van der Waals surface area (Å²) >= 11 is 0. The van der Waals surface area contributed by atoms with Crippen LogP contribution in [0.5, 0.6) is 0 Å². The van der Waals surface area contributed by atoms with Crippen LogP contribution in [-0.2, 0) is 0 Å². The second kappa shape index (κ2) is 8.61. The first kappa shape index (κ1) is 18.8. The van der Waals surface area contributed by atoms with Crippen molar-refractivity contribution < 1.29 is 9.59 Å². The smallest absolute Gasteiger partial charge is 0.255 e. The van der Waals surface area contributed by atoms with E-state index in [4.69, 9.17) is 5.26 Å². The number of benzene rings is 3. The number of rotatable bonds is 5. The number of carbonyl (C=O) groups excluding carboxylic acids is 2. The van der Waals surface area contributed by atoms with Crippen molar-refractivity contribution in [1.82, 2.24) is 0 Å². The summed E-state index contributed by atoms with van der Waals surface area (Å²) in [6.07, 6.45) is 3.17. The first-order valence-electron chi connectivity index (χ1n) is 8.76. The van der Waals surface area contributed by atoms with Gasteiger partial charge in [0.1, 0.15) is 0 Å². The lowest BCUT2D eigenvalue weighted by Gasteiger charge is -2.06. The van der Waals surface area contributed by atoms with Gasteiger partial charge in [-0.1, -0.05) is 35.9 Å². The minimum atomic E-state index is -0.185. The average Bonchev–Trinajstić information content (AvgIpc) is 2.73. The number of hydrogen-bond acceptors (Lipinski definition) is 3. The van der Waals surface area contributed by atoms with Crippen molar-refractivity contribution in [2.45, 2.75) is 6.92 Å². The Kier molecular flexibility index (Phi) is 5.78. The quantitative estimate of drug-likeness (QED) is 0.509. The lowest BCUT2D eigenvalue weighted by molar-refractivity contribution is 0.102. The van der Waals surface area contributed by atoms with E-state index >= 15 is 0 Å². The number of nitriles is 1. The molecule has 0 aliphatic heterocycles. The molecule has 3 aromatic carbocycles. The predicted molar refractivity (Wildman–Crippen MR) is 110 cm³/mol. The molecule has 0 heterocycles. The van der Waals surface area contributed by atoms with Crippen LogP contribution in [0.2, 0.25) is 0 Å². The molecule has 0 fully saturated rings. The highest BCUT2D eigenvalue weighted by Crippen LogP contribution is 2.15. The van der Waals surface area contributed by atoms with Gasteiger partial charge in [-0.05, 0) is 67.1 Å².